The van der Waals surface area contributed by atoms with Crippen LogP contribution in [0.2, 0.25) is 0 Å². The lowest BCUT2D eigenvalue weighted by atomic mass is 10.1. The van der Waals surface area contributed by atoms with Crippen LogP contribution in [0.1, 0.15) is 40.3 Å². The molecular formula is C12H17N3O5. The van der Waals surface area contributed by atoms with Crippen molar-refractivity contribution in [2.45, 2.75) is 26.9 Å². The van der Waals surface area contributed by atoms with E-state index in [1.807, 2.05) is 0 Å². The highest BCUT2D eigenvalue weighted by Crippen LogP contribution is 2.24. The molecule has 0 aliphatic carbocycles. The summed E-state index contributed by atoms with van der Waals surface area (Å²) in [6.07, 6.45) is -0.731. The van der Waals surface area contributed by atoms with Gasteiger partial charge in [0.2, 0.25) is 0 Å². The van der Waals surface area contributed by atoms with E-state index < -0.39 is 30.6 Å². The summed E-state index contributed by atoms with van der Waals surface area (Å²) in [5, 5.41) is 11.4. The number of nitrogens with one attached hydrogen (secondary N) is 2. The van der Waals surface area contributed by atoms with Crippen LogP contribution in [0.25, 0.3) is 0 Å². The van der Waals surface area contributed by atoms with Crippen molar-refractivity contribution in [3.05, 3.63) is 22.5 Å². The van der Waals surface area contributed by atoms with Crippen molar-refractivity contribution in [3.63, 3.8) is 0 Å². The number of carbonyl (C=O) groups is 3. The Labute approximate surface area is 115 Å². The van der Waals surface area contributed by atoms with Gasteiger partial charge in [-0.3, -0.25) is 10.1 Å². The van der Waals surface area contributed by atoms with E-state index in [4.69, 9.17) is 10.5 Å². The van der Waals surface area contributed by atoms with Gasteiger partial charge in [-0.1, -0.05) is 0 Å². The first-order chi connectivity index (χ1) is 9.23. The molecule has 20 heavy (non-hydrogen) atoms. The second-order valence-corrected chi connectivity index (χ2v) is 4.33. The Morgan fingerprint density at radius 2 is 2.00 bits per heavy atom. The maximum Gasteiger partial charge on any atom is 0.355 e. The Kier molecular flexibility index (Phi) is 4.87. The van der Waals surface area contributed by atoms with E-state index in [9.17, 15) is 19.5 Å². The molecule has 0 aromatic carbocycles. The molecule has 0 fully saturated rings. The zero-order chi connectivity index (χ0) is 15.4. The average Bonchev–Trinajstić information content (AvgIpc) is 2.60. The molecule has 1 heterocycles. The molecule has 0 aliphatic rings. The van der Waals surface area contributed by atoms with Crippen LogP contribution in [0.5, 0.6) is 0 Å². The molecule has 0 saturated heterocycles. The SMILES string of the molecule is Cc1[nH]c(C(=O)OCC(=O)NC(N)=O)c(C)c1[C@H](C)O. The van der Waals surface area contributed by atoms with Crippen LogP contribution in [0.3, 0.4) is 0 Å². The lowest BCUT2D eigenvalue weighted by Gasteiger charge is -2.06. The van der Waals surface area contributed by atoms with Crippen LogP contribution < -0.4 is 11.1 Å². The van der Waals surface area contributed by atoms with Crippen molar-refractivity contribution in [3.8, 4) is 0 Å². The van der Waals surface area contributed by atoms with E-state index in [0.717, 1.165) is 0 Å². The van der Waals surface area contributed by atoms with Gasteiger partial charge in [0.05, 0.1) is 6.10 Å². The number of nitrogens with two attached hydrogens (primary N) is 1. The highest BCUT2D eigenvalue weighted by atomic mass is 16.5. The second-order valence-electron chi connectivity index (χ2n) is 4.33. The van der Waals surface area contributed by atoms with E-state index in [1.165, 1.54) is 0 Å². The molecular weight excluding hydrogens is 266 g/mol. The third-order valence-corrected chi connectivity index (χ3v) is 2.71. The molecule has 5 N–H and O–H groups in total. The lowest BCUT2D eigenvalue weighted by molar-refractivity contribution is -0.123. The van der Waals surface area contributed by atoms with Gasteiger partial charge in [-0.25, -0.2) is 9.59 Å². The fraction of sp³-hybridized carbons (Fsp3) is 0.417. The van der Waals surface area contributed by atoms with Crippen molar-refractivity contribution in [2.75, 3.05) is 6.61 Å². The van der Waals surface area contributed by atoms with Gasteiger partial charge in [0.15, 0.2) is 6.61 Å². The smallest absolute Gasteiger partial charge is 0.355 e. The van der Waals surface area contributed by atoms with Crippen LogP contribution in [0.15, 0.2) is 0 Å². The topological polar surface area (TPSA) is 135 Å². The monoisotopic (exact) mass is 283 g/mol. The first-order valence-corrected chi connectivity index (χ1v) is 5.87. The molecule has 1 rings (SSSR count). The predicted octanol–water partition coefficient (Wildman–Crippen LogP) is 0.0365. The van der Waals surface area contributed by atoms with Crippen molar-refractivity contribution in [1.29, 1.82) is 0 Å². The molecule has 1 aromatic rings. The number of aliphatic hydroxyl groups excluding tert-OH is 1. The van der Waals surface area contributed by atoms with E-state index in [-0.39, 0.29) is 5.69 Å². The van der Waals surface area contributed by atoms with E-state index in [1.54, 1.807) is 26.1 Å². The zero-order valence-corrected chi connectivity index (χ0v) is 11.4. The lowest BCUT2D eigenvalue weighted by Crippen LogP contribution is -2.37. The number of aryl methyl sites for hydroxylation is 1. The molecule has 0 spiro atoms. The molecule has 110 valence electrons. The number of amides is 3. The molecule has 8 heteroatoms. The molecule has 3 amide bonds. The quantitative estimate of drug-likeness (QED) is 0.578. The van der Waals surface area contributed by atoms with Gasteiger partial charge in [0, 0.05) is 11.3 Å². The molecule has 0 saturated carbocycles. The first kappa shape index (κ1) is 15.7. The third kappa shape index (κ3) is 3.58. The molecule has 1 aromatic heterocycles. The van der Waals surface area contributed by atoms with Crippen LogP contribution in [0.4, 0.5) is 4.79 Å². The van der Waals surface area contributed by atoms with Crippen molar-refractivity contribution in [2.24, 2.45) is 5.73 Å². The van der Waals surface area contributed by atoms with E-state index >= 15 is 0 Å². The summed E-state index contributed by atoms with van der Waals surface area (Å²) in [5.74, 6) is -1.57. The first-order valence-electron chi connectivity index (χ1n) is 5.87. The number of rotatable bonds is 4. The standard InChI is InChI=1S/C12H17N3O5/c1-5-9(7(3)16)6(2)14-10(5)11(18)20-4-8(17)15-12(13)19/h7,14,16H,4H2,1-3H3,(H3,13,15,17,19)/t7-/m0/s1. The van der Waals surface area contributed by atoms with Crippen LogP contribution in [-0.2, 0) is 9.53 Å². The average molecular weight is 283 g/mol. The highest BCUT2D eigenvalue weighted by molar-refractivity contribution is 5.96. The maximum atomic E-state index is 11.8. The number of primary amides is 1. The number of imide groups is 1. The minimum atomic E-state index is -1.02. The summed E-state index contributed by atoms with van der Waals surface area (Å²) < 4.78 is 4.75. The number of urea groups is 1. The Bertz CT molecular complexity index is 548. The molecule has 0 radical (unpaired) electrons. The van der Waals surface area contributed by atoms with Gasteiger partial charge >= 0.3 is 12.0 Å². The van der Waals surface area contributed by atoms with Gasteiger partial charge in [-0.2, -0.15) is 0 Å². The van der Waals surface area contributed by atoms with Crippen molar-refractivity contribution >= 4 is 17.9 Å². The number of aromatic nitrogens is 1. The highest BCUT2D eigenvalue weighted by Gasteiger charge is 2.21. The van der Waals surface area contributed by atoms with Gasteiger partial charge in [0.25, 0.3) is 5.91 Å². The molecule has 1 atom stereocenters. The summed E-state index contributed by atoms with van der Waals surface area (Å²) in [5.41, 5.74) is 6.71. The summed E-state index contributed by atoms with van der Waals surface area (Å²) in [6.45, 7) is 4.33. The minimum absolute atomic E-state index is 0.158. The molecule has 8 nitrogen and oxygen atoms in total. The summed E-state index contributed by atoms with van der Waals surface area (Å²) in [7, 11) is 0. The van der Waals surface area contributed by atoms with Crippen LogP contribution in [-0.4, -0.2) is 34.6 Å². The number of aromatic amines is 1. The fourth-order valence-corrected chi connectivity index (χ4v) is 1.97. The molecule has 0 unspecified atom stereocenters. The predicted molar refractivity (Wildman–Crippen MR) is 68.9 cm³/mol. The summed E-state index contributed by atoms with van der Waals surface area (Å²) >= 11 is 0. The Morgan fingerprint density at radius 3 is 2.45 bits per heavy atom. The van der Waals surface area contributed by atoms with Gasteiger partial charge < -0.3 is 20.6 Å². The summed E-state index contributed by atoms with van der Waals surface area (Å²) in [6, 6.07) is -1.02. The number of ether oxygens (including phenoxy) is 1. The minimum Gasteiger partial charge on any atom is -0.451 e. The maximum absolute atomic E-state index is 11.8. The van der Waals surface area contributed by atoms with Gasteiger partial charge in [0.1, 0.15) is 5.69 Å². The van der Waals surface area contributed by atoms with Crippen LogP contribution in [0, 0.1) is 13.8 Å². The second kappa shape index (κ2) is 6.20. The number of H-pyrrole nitrogens is 1. The van der Waals surface area contributed by atoms with Crippen LogP contribution >= 0.6 is 0 Å². The van der Waals surface area contributed by atoms with Crippen molar-refractivity contribution in [1.82, 2.24) is 10.3 Å². The zero-order valence-electron chi connectivity index (χ0n) is 11.4. The van der Waals surface area contributed by atoms with E-state index in [0.29, 0.717) is 16.8 Å². The third-order valence-electron chi connectivity index (χ3n) is 2.71. The number of esters is 1. The normalized spacial score (nSPS) is 11.8. The number of hydrogen-bond acceptors (Lipinski definition) is 5. The number of carbonyl (C=O) groups excluding carboxylic acids is 3. The number of aliphatic hydroxyl groups is 1. The Hall–Kier alpha value is -2.35. The molecule has 0 bridgehead atoms. The number of hydrogen-bond donors (Lipinski definition) is 4. The van der Waals surface area contributed by atoms with Gasteiger partial charge in [-0.05, 0) is 26.3 Å². The molecule has 0 aliphatic heterocycles. The Balaban J connectivity index is 2.76. The van der Waals surface area contributed by atoms with Crippen molar-refractivity contribution < 1.29 is 24.2 Å². The van der Waals surface area contributed by atoms with Gasteiger partial charge in [-0.15, -0.1) is 0 Å². The fourth-order valence-electron chi connectivity index (χ4n) is 1.97. The summed E-state index contributed by atoms with van der Waals surface area (Å²) in [4.78, 5) is 36.1. The van der Waals surface area contributed by atoms with E-state index in [2.05, 4.69) is 4.98 Å². The Morgan fingerprint density at radius 1 is 1.40 bits per heavy atom. The largest absolute Gasteiger partial charge is 0.451 e.